The zero-order valence-electron chi connectivity index (χ0n) is 21.2. The monoisotopic (exact) mass is 561 g/mol. The maximum Gasteiger partial charge on any atom is 0.416 e. The summed E-state index contributed by atoms with van der Waals surface area (Å²) in [5.74, 6) is -0.244. The van der Waals surface area contributed by atoms with E-state index < -0.39 is 11.7 Å². The molecule has 5 aromatic rings. The Labute approximate surface area is 230 Å². The van der Waals surface area contributed by atoms with E-state index in [1.807, 2.05) is 12.1 Å². The fraction of sp³-hybridized carbons (Fsp3) is 0.207. The summed E-state index contributed by atoms with van der Waals surface area (Å²) < 4.78 is 42.3. The number of benzene rings is 2. The Bertz CT molecular complexity index is 1750. The van der Waals surface area contributed by atoms with Crippen molar-refractivity contribution < 1.29 is 22.8 Å². The van der Waals surface area contributed by atoms with Crippen LogP contribution in [0.5, 0.6) is 0 Å². The van der Waals surface area contributed by atoms with Gasteiger partial charge in [-0.05, 0) is 55.7 Å². The number of amides is 1. The molecule has 1 N–H and O–H groups in total. The van der Waals surface area contributed by atoms with E-state index >= 15 is 0 Å². The summed E-state index contributed by atoms with van der Waals surface area (Å²) in [5.41, 5.74) is 2.89. The van der Waals surface area contributed by atoms with Gasteiger partial charge in [0.1, 0.15) is 10.3 Å². The third-order valence-corrected chi connectivity index (χ3v) is 7.50. The number of aromatic nitrogens is 4. The Morgan fingerprint density at radius 1 is 1.05 bits per heavy atom. The van der Waals surface area contributed by atoms with Gasteiger partial charge < -0.3 is 9.88 Å². The molecule has 7 nitrogen and oxygen atoms in total. The predicted molar refractivity (Wildman–Crippen MR) is 146 cm³/mol. The van der Waals surface area contributed by atoms with Crippen molar-refractivity contribution in [2.24, 2.45) is 5.92 Å². The van der Waals surface area contributed by atoms with Crippen LogP contribution in [0.2, 0.25) is 0 Å². The van der Waals surface area contributed by atoms with Crippen molar-refractivity contribution in [3.63, 3.8) is 0 Å². The molecule has 0 unspecified atom stereocenters. The average molecular weight is 562 g/mol. The van der Waals surface area contributed by atoms with Crippen LogP contribution in [0.3, 0.4) is 0 Å². The van der Waals surface area contributed by atoms with E-state index in [0.29, 0.717) is 32.4 Å². The molecule has 1 amide bonds. The summed E-state index contributed by atoms with van der Waals surface area (Å²) in [6.07, 6.45) is 0.138. The Hall–Kier alpha value is -4.38. The number of nitrogens with one attached hydrogen (secondary N) is 1. The van der Waals surface area contributed by atoms with Crippen LogP contribution in [-0.2, 0) is 17.4 Å². The predicted octanol–water partition coefficient (Wildman–Crippen LogP) is 6.65. The van der Waals surface area contributed by atoms with E-state index in [-0.39, 0.29) is 35.3 Å². The third kappa shape index (κ3) is 5.50. The summed E-state index contributed by atoms with van der Waals surface area (Å²) in [6, 6.07) is 14.1. The molecular weight excluding hydrogens is 539 g/mol. The highest BCUT2D eigenvalue weighted by Crippen LogP contribution is 2.34. The topological polar surface area (TPSA) is 89.8 Å². The SMILES string of the molecule is Cc1cn(-c2cc(CC(=O)c3ccc(-c4ccc5nc(NC(=O)C6CC6)sc5n4)cc3)cc(C(F)(F)F)c2)cn1. The van der Waals surface area contributed by atoms with Crippen molar-refractivity contribution in [1.82, 2.24) is 19.5 Å². The van der Waals surface area contributed by atoms with Gasteiger partial charge in [-0.3, -0.25) is 9.59 Å². The van der Waals surface area contributed by atoms with Crippen molar-refractivity contribution in [2.75, 3.05) is 5.32 Å². The number of aryl methyl sites for hydroxylation is 1. The summed E-state index contributed by atoms with van der Waals surface area (Å²) in [6.45, 7) is 1.75. The van der Waals surface area contributed by atoms with Gasteiger partial charge in [0, 0.05) is 35.3 Å². The number of alkyl halides is 3. The highest BCUT2D eigenvalue weighted by atomic mass is 32.1. The van der Waals surface area contributed by atoms with Crippen LogP contribution >= 0.6 is 11.3 Å². The smallest absolute Gasteiger partial charge is 0.306 e. The second-order valence-corrected chi connectivity index (χ2v) is 10.8. The minimum atomic E-state index is -4.55. The van der Waals surface area contributed by atoms with Gasteiger partial charge in [0.25, 0.3) is 0 Å². The number of hydrogen-bond donors (Lipinski definition) is 1. The lowest BCUT2D eigenvalue weighted by molar-refractivity contribution is -0.137. The lowest BCUT2D eigenvalue weighted by atomic mass is 9.99. The van der Waals surface area contributed by atoms with E-state index in [4.69, 9.17) is 0 Å². The Kier molecular flexibility index (Phi) is 6.46. The van der Waals surface area contributed by atoms with Gasteiger partial charge in [0.05, 0.1) is 23.3 Å². The van der Waals surface area contributed by atoms with Crippen LogP contribution in [0.25, 0.3) is 27.3 Å². The number of Topliss-reactive ketones (excluding diaryl/α,β-unsaturated/α-hetero) is 1. The van der Waals surface area contributed by atoms with Crippen LogP contribution in [0.1, 0.15) is 40.0 Å². The van der Waals surface area contributed by atoms with E-state index in [0.717, 1.165) is 30.5 Å². The van der Waals surface area contributed by atoms with E-state index in [1.165, 1.54) is 22.2 Å². The number of nitrogens with zero attached hydrogens (tertiary/aromatic N) is 4. The first-order valence-corrected chi connectivity index (χ1v) is 13.4. The fourth-order valence-corrected chi connectivity index (χ4v) is 5.19. The zero-order chi connectivity index (χ0) is 28.0. The molecule has 40 heavy (non-hydrogen) atoms. The molecule has 2 aromatic carbocycles. The molecule has 1 fully saturated rings. The zero-order valence-corrected chi connectivity index (χ0v) is 22.0. The molecule has 0 bridgehead atoms. The van der Waals surface area contributed by atoms with Gasteiger partial charge >= 0.3 is 6.18 Å². The van der Waals surface area contributed by atoms with Gasteiger partial charge in [-0.25, -0.2) is 15.0 Å². The maximum absolute atomic E-state index is 13.6. The molecule has 202 valence electrons. The van der Waals surface area contributed by atoms with E-state index in [2.05, 4.69) is 20.3 Å². The number of fused-ring (bicyclic) bond motifs is 1. The molecule has 3 aromatic heterocycles. The molecule has 0 radical (unpaired) electrons. The summed E-state index contributed by atoms with van der Waals surface area (Å²) in [5, 5.41) is 3.35. The number of hydrogen-bond acceptors (Lipinski definition) is 6. The molecule has 0 atom stereocenters. The van der Waals surface area contributed by atoms with Crippen molar-refractivity contribution in [1.29, 1.82) is 0 Å². The van der Waals surface area contributed by atoms with Crippen molar-refractivity contribution >= 4 is 38.5 Å². The molecule has 1 aliphatic carbocycles. The third-order valence-electron chi connectivity index (χ3n) is 6.62. The van der Waals surface area contributed by atoms with Crippen LogP contribution in [0.15, 0.2) is 67.1 Å². The van der Waals surface area contributed by atoms with E-state index in [9.17, 15) is 22.8 Å². The van der Waals surface area contributed by atoms with Crippen LogP contribution in [-0.4, -0.2) is 31.2 Å². The molecule has 0 spiro atoms. The second-order valence-electron chi connectivity index (χ2n) is 9.79. The molecule has 0 aliphatic heterocycles. The van der Waals surface area contributed by atoms with Crippen LogP contribution in [0.4, 0.5) is 18.3 Å². The van der Waals surface area contributed by atoms with Gasteiger partial charge in [-0.2, -0.15) is 13.2 Å². The normalized spacial score (nSPS) is 13.5. The molecular formula is C29H22F3N5O2S. The van der Waals surface area contributed by atoms with Gasteiger partial charge in [-0.1, -0.05) is 35.6 Å². The lowest BCUT2D eigenvalue weighted by Gasteiger charge is -2.13. The van der Waals surface area contributed by atoms with E-state index in [1.54, 1.807) is 43.5 Å². The number of anilines is 1. The molecule has 3 heterocycles. The Morgan fingerprint density at radius 2 is 1.82 bits per heavy atom. The Balaban J connectivity index is 1.20. The number of rotatable bonds is 7. The number of ketones is 1. The number of imidazole rings is 1. The molecule has 6 rings (SSSR count). The van der Waals surface area contributed by atoms with Crippen LogP contribution < -0.4 is 5.32 Å². The lowest BCUT2D eigenvalue weighted by Crippen LogP contribution is -2.12. The molecule has 1 saturated carbocycles. The number of halogens is 3. The van der Waals surface area contributed by atoms with Crippen molar-refractivity contribution in [3.8, 4) is 16.9 Å². The maximum atomic E-state index is 13.6. The molecule has 1 aliphatic rings. The number of carbonyl (C=O) groups is 2. The van der Waals surface area contributed by atoms with Gasteiger partial charge in [0.15, 0.2) is 10.9 Å². The quantitative estimate of drug-likeness (QED) is 0.225. The largest absolute Gasteiger partial charge is 0.416 e. The van der Waals surface area contributed by atoms with Gasteiger partial charge in [-0.15, -0.1) is 0 Å². The van der Waals surface area contributed by atoms with Crippen molar-refractivity contribution in [3.05, 3.63) is 89.5 Å². The summed E-state index contributed by atoms with van der Waals surface area (Å²) in [7, 11) is 0. The standard InChI is InChI=1S/C29H22F3N5O2S/c1-16-14-37(15-33-16)22-11-17(10-21(13-22)29(30,31)32)12-25(38)19-4-2-18(3-5-19)23-8-9-24-27(34-23)40-28(35-24)36-26(39)20-6-7-20/h2-5,8-11,13-15,20H,6-7,12H2,1H3,(H,35,36,39). The molecule has 11 heteroatoms. The highest BCUT2D eigenvalue weighted by molar-refractivity contribution is 7.22. The minimum Gasteiger partial charge on any atom is -0.306 e. The first kappa shape index (κ1) is 25.9. The molecule has 0 saturated heterocycles. The van der Waals surface area contributed by atoms with Crippen LogP contribution in [0, 0.1) is 12.8 Å². The second kappa shape index (κ2) is 9.98. The first-order valence-electron chi connectivity index (χ1n) is 12.6. The highest BCUT2D eigenvalue weighted by Gasteiger charge is 2.32. The summed E-state index contributed by atoms with van der Waals surface area (Å²) in [4.78, 5) is 38.9. The number of pyridine rings is 1. The number of thiazole rings is 1. The van der Waals surface area contributed by atoms with Crippen molar-refractivity contribution in [2.45, 2.75) is 32.4 Å². The fourth-order valence-electron chi connectivity index (χ4n) is 4.35. The first-order chi connectivity index (χ1) is 19.1. The minimum absolute atomic E-state index is 0.0160. The number of carbonyl (C=O) groups excluding carboxylic acids is 2. The summed E-state index contributed by atoms with van der Waals surface area (Å²) >= 11 is 1.30. The Morgan fingerprint density at radius 3 is 2.50 bits per heavy atom. The van der Waals surface area contributed by atoms with Gasteiger partial charge in [0.2, 0.25) is 5.91 Å². The average Bonchev–Trinajstić information content (AvgIpc) is 3.57.